The lowest BCUT2D eigenvalue weighted by molar-refractivity contribution is -0.141. The number of halogens is 1. The van der Waals surface area contributed by atoms with Crippen molar-refractivity contribution in [1.29, 1.82) is 0 Å². The van der Waals surface area contributed by atoms with E-state index in [1.54, 1.807) is 13.8 Å². The zero-order valence-corrected chi connectivity index (χ0v) is 13.5. The number of hydrogen-bond acceptors (Lipinski definition) is 4. The highest BCUT2D eigenvalue weighted by molar-refractivity contribution is 6.07. The summed E-state index contributed by atoms with van der Waals surface area (Å²) in [7, 11) is 0. The van der Waals surface area contributed by atoms with Gasteiger partial charge in [-0.2, -0.15) is 0 Å². The standard InChI is InChI=1S/C14H23N3O3.ClH/c1-8(2)17-12(18)7-11(14(17)20)16-13(19)10-4-5-15-9(3)6-10;/h8-11,15H,4-7H2,1-3H3,(H,16,19);1H/t9-,10-,11?;/m0./s1. The third-order valence-electron chi connectivity index (χ3n) is 4.01. The van der Waals surface area contributed by atoms with Crippen molar-refractivity contribution in [3.8, 4) is 0 Å². The van der Waals surface area contributed by atoms with Gasteiger partial charge >= 0.3 is 0 Å². The summed E-state index contributed by atoms with van der Waals surface area (Å²) >= 11 is 0. The summed E-state index contributed by atoms with van der Waals surface area (Å²) in [6.45, 7) is 6.46. The molecule has 3 atom stereocenters. The fraction of sp³-hybridized carbons (Fsp3) is 0.786. The maximum absolute atomic E-state index is 12.2. The molecule has 2 N–H and O–H groups in total. The van der Waals surface area contributed by atoms with Crippen LogP contribution in [0.25, 0.3) is 0 Å². The number of amides is 3. The van der Waals surface area contributed by atoms with E-state index in [1.165, 1.54) is 4.90 Å². The number of piperidine rings is 1. The molecular formula is C14H24ClN3O3. The average molecular weight is 318 g/mol. The quantitative estimate of drug-likeness (QED) is 0.741. The van der Waals surface area contributed by atoms with Crippen molar-refractivity contribution >= 4 is 30.1 Å². The molecule has 2 aliphatic rings. The fourth-order valence-electron chi connectivity index (χ4n) is 2.97. The molecule has 2 rings (SSSR count). The first-order valence-electron chi connectivity index (χ1n) is 7.29. The highest BCUT2D eigenvalue weighted by atomic mass is 35.5. The molecule has 120 valence electrons. The largest absolute Gasteiger partial charge is 0.344 e. The van der Waals surface area contributed by atoms with Crippen LogP contribution in [0.2, 0.25) is 0 Å². The van der Waals surface area contributed by atoms with Crippen LogP contribution in [0.3, 0.4) is 0 Å². The molecule has 7 heteroatoms. The molecule has 0 aromatic heterocycles. The zero-order valence-electron chi connectivity index (χ0n) is 12.7. The van der Waals surface area contributed by atoms with Crippen molar-refractivity contribution < 1.29 is 14.4 Å². The van der Waals surface area contributed by atoms with Gasteiger partial charge in [0, 0.05) is 18.0 Å². The number of likely N-dealkylation sites (tertiary alicyclic amines) is 1. The molecular weight excluding hydrogens is 294 g/mol. The summed E-state index contributed by atoms with van der Waals surface area (Å²) in [5.41, 5.74) is 0. The maximum atomic E-state index is 12.2. The fourth-order valence-corrected chi connectivity index (χ4v) is 2.97. The van der Waals surface area contributed by atoms with Crippen LogP contribution in [0.5, 0.6) is 0 Å². The van der Waals surface area contributed by atoms with E-state index >= 15 is 0 Å². The third kappa shape index (κ3) is 3.95. The van der Waals surface area contributed by atoms with Gasteiger partial charge in [-0.3, -0.25) is 19.3 Å². The van der Waals surface area contributed by atoms with Crippen molar-refractivity contribution in [1.82, 2.24) is 15.5 Å². The normalized spacial score (nSPS) is 29.5. The van der Waals surface area contributed by atoms with E-state index in [9.17, 15) is 14.4 Å². The zero-order chi connectivity index (χ0) is 14.9. The van der Waals surface area contributed by atoms with Crippen molar-refractivity contribution in [2.75, 3.05) is 6.54 Å². The number of nitrogens with one attached hydrogen (secondary N) is 2. The van der Waals surface area contributed by atoms with Gasteiger partial charge in [-0.05, 0) is 40.2 Å². The first-order chi connectivity index (χ1) is 9.40. The van der Waals surface area contributed by atoms with Gasteiger partial charge in [0.15, 0.2) is 0 Å². The Labute approximate surface area is 131 Å². The molecule has 1 unspecified atom stereocenters. The molecule has 2 heterocycles. The summed E-state index contributed by atoms with van der Waals surface area (Å²) in [5.74, 6) is -0.647. The topological polar surface area (TPSA) is 78.5 Å². The molecule has 3 amide bonds. The van der Waals surface area contributed by atoms with Crippen LogP contribution in [0.1, 0.15) is 40.0 Å². The minimum absolute atomic E-state index is 0. The summed E-state index contributed by atoms with van der Waals surface area (Å²) < 4.78 is 0. The van der Waals surface area contributed by atoms with E-state index in [4.69, 9.17) is 0 Å². The van der Waals surface area contributed by atoms with Crippen LogP contribution < -0.4 is 10.6 Å². The van der Waals surface area contributed by atoms with Crippen LogP contribution in [0.4, 0.5) is 0 Å². The number of carbonyl (C=O) groups is 3. The Morgan fingerprint density at radius 1 is 1.38 bits per heavy atom. The van der Waals surface area contributed by atoms with Crippen LogP contribution >= 0.6 is 12.4 Å². The lowest BCUT2D eigenvalue weighted by Gasteiger charge is -2.28. The molecule has 2 fully saturated rings. The van der Waals surface area contributed by atoms with Gasteiger partial charge in [-0.15, -0.1) is 12.4 Å². The SMILES string of the molecule is CC(C)N1C(=O)CC(NC(=O)[C@H]2CCN[C@@H](C)C2)C1=O.Cl. The Morgan fingerprint density at radius 2 is 2.05 bits per heavy atom. The number of imide groups is 1. The Morgan fingerprint density at radius 3 is 2.57 bits per heavy atom. The second-order valence-electron chi connectivity index (χ2n) is 6.04. The van der Waals surface area contributed by atoms with Gasteiger partial charge in [0.05, 0.1) is 6.42 Å². The predicted octanol–water partition coefficient (Wildman–Crippen LogP) is 0.448. The summed E-state index contributed by atoms with van der Waals surface area (Å²) in [6.07, 6.45) is 1.64. The van der Waals surface area contributed by atoms with Crippen LogP contribution in [0.15, 0.2) is 0 Å². The number of nitrogens with zero attached hydrogens (tertiary/aromatic N) is 1. The van der Waals surface area contributed by atoms with Gasteiger partial charge in [0.25, 0.3) is 5.91 Å². The minimum Gasteiger partial charge on any atom is -0.344 e. The molecule has 0 aliphatic carbocycles. The molecule has 0 aromatic carbocycles. The molecule has 0 bridgehead atoms. The second kappa shape index (κ2) is 7.22. The first kappa shape index (κ1) is 17.9. The lowest BCUT2D eigenvalue weighted by Crippen LogP contribution is -2.48. The van der Waals surface area contributed by atoms with E-state index in [-0.39, 0.29) is 48.5 Å². The van der Waals surface area contributed by atoms with Gasteiger partial charge in [-0.25, -0.2) is 0 Å². The van der Waals surface area contributed by atoms with Crippen molar-refractivity contribution in [2.45, 2.75) is 58.2 Å². The summed E-state index contributed by atoms with van der Waals surface area (Å²) in [5, 5.41) is 6.04. The van der Waals surface area contributed by atoms with Crippen molar-refractivity contribution in [3.63, 3.8) is 0 Å². The molecule has 2 saturated heterocycles. The lowest BCUT2D eigenvalue weighted by atomic mass is 9.92. The van der Waals surface area contributed by atoms with Crippen LogP contribution in [0, 0.1) is 5.92 Å². The second-order valence-corrected chi connectivity index (χ2v) is 6.04. The highest BCUT2D eigenvalue weighted by Gasteiger charge is 2.41. The van der Waals surface area contributed by atoms with Gasteiger partial charge in [0.1, 0.15) is 6.04 Å². The molecule has 2 aliphatic heterocycles. The van der Waals surface area contributed by atoms with E-state index in [1.807, 2.05) is 6.92 Å². The molecule has 0 spiro atoms. The molecule has 0 aromatic rings. The van der Waals surface area contributed by atoms with E-state index < -0.39 is 6.04 Å². The smallest absolute Gasteiger partial charge is 0.252 e. The van der Waals surface area contributed by atoms with E-state index in [0.717, 1.165) is 19.4 Å². The Bertz CT molecular complexity index is 428. The van der Waals surface area contributed by atoms with Gasteiger partial charge in [0.2, 0.25) is 11.8 Å². The number of hydrogen-bond donors (Lipinski definition) is 2. The number of rotatable bonds is 3. The average Bonchev–Trinajstić information content (AvgIpc) is 2.64. The maximum Gasteiger partial charge on any atom is 0.252 e. The van der Waals surface area contributed by atoms with Gasteiger partial charge < -0.3 is 10.6 Å². The summed E-state index contributed by atoms with van der Waals surface area (Å²) in [6, 6.07) is -0.522. The Balaban J connectivity index is 0.00000220. The first-order valence-corrected chi connectivity index (χ1v) is 7.29. The minimum atomic E-state index is -0.678. The molecule has 6 nitrogen and oxygen atoms in total. The molecule has 0 saturated carbocycles. The monoisotopic (exact) mass is 317 g/mol. The highest BCUT2D eigenvalue weighted by Crippen LogP contribution is 2.19. The van der Waals surface area contributed by atoms with E-state index in [2.05, 4.69) is 10.6 Å². The Hall–Kier alpha value is -1.14. The predicted molar refractivity (Wildman–Crippen MR) is 81.0 cm³/mol. The van der Waals surface area contributed by atoms with Crippen LogP contribution in [-0.2, 0) is 14.4 Å². The van der Waals surface area contributed by atoms with E-state index in [0.29, 0.717) is 6.04 Å². The Kier molecular flexibility index (Phi) is 6.16. The van der Waals surface area contributed by atoms with Crippen molar-refractivity contribution in [2.24, 2.45) is 5.92 Å². The van der Waals surface area contributed by atoms with Crippen molar-refractivity contribution in [3.05, 3.63) is 0 Å². The third-order valence-corrected chi connectivity index (χ3v) is 4.01. The number of carbonyl (C=O) groups excluding carboxylic acids is 3. The van der Waals surface area contributed by atoms with Crippen LogP contribution in [-0.4, -0.2) is 47.3 Å². The molecule has 0 radical (unpaired) electrons. The molecule has 21 heavy (non-hydrogen) atoms. The van der Waals surface area contributed by atoms with Gasteiger partial charge in [-0.1, -0.05) is 0 Å². The summed E-state index contributed by atoms with van der Waals surface area (Å²) in [4.78, 5) is 37.4.